The lowest BCUT2D eigenvalue weighted by Gasteiger charge is -2.16. The van der Waals surface area contributed by atoms with Crippen LogP contribution in [0.4, 0.5) is 5.69 Å². The van der Waals surface area contributed by atoms with Gasteiger partial charge in [0.2, 0.25) is 0 Å². The third kappa shape index (κ3) is 2.78. The Labute approximate surface area is 97.8 Å². The van der Waals surface area contributed by atoms with Crippen LogP contribution in [-0.4, -0.2) is 9.75 Å². The van der Waals surface area contributed by atoms with Gasteiger partial charge in [-0.3, -0.25) is 10.1 Å². The van der Waals surface area contributed by atoms with Gasteiger partial charge in [-0.15, -0.1) is 0 Å². The van der Waals surface area contributed by atoms with Crippen LogP contribution in [-0.2, 0) is 0 Å². The summed E-state index contributed by atoms with van der Waals surface area (Å²) in [5, 5.41) is 10.6. The van der Waals surface area contributed by atoms with E-state index in [1.54, 1.807) is 12.1 Å². The molecule has 1 aromatic rings. The van der Waals surface area contributed by atoms with E-state index in [2.05, 4.69) is 29.8 Å². The normalized spacial score (nSPS) is 14.7. The highest BCUT2D eigenvalue weighted by Crippen LogP contribution is 2.28. The summed E-state index contributed by atoms with van der Waals surface area (Å²) in [7, 11) is 0. The number of hydrogen-bond acceptors (Lipinski definition) is 2. The van der Waals surface area contributed by atoms with Crippen molar-refractivity contribution in [2.24, 2.45) is 0 Å². The Morgan fingerprint density at radius 3 is 2.40 bits per heavy atom. The molecule has 0 aromatic heterocycles. The first-order valence-corrected chi connectivity index (χ1v) is 5.74. The molecule has 0 saturated heterocycles. The van der Waals surface area contributed by atoms with Crippen LogP contribution in [0.5, 0.6) is 0 Å². The average Bonchev–Trinajstić information content (AvgIpc) is 2.16. The fraction of sp³-hybridized carbons (Fsp3) is 0.455. The first-order valence-electron chi connectivity index (χ1n) is 4.82. The molecule has 0 spiro atoms. The molecular formula is C11H14BrNO2. The van der Waals surface area contributed by atoms with E-state index in [0.717, 1.165) is 11.1 Å². The quantitative estimate of drug-likeness (QED) is 0.477. The van der Waals surface area contributed by atoms with E-state index in [0.29, 0.717) is 10.7 Å². The van der Waals surface area contributed by atoms with Gasteiger partial charge in [-0.05, 0) is 24.0 Å². The summed E-state index contributed by atoms with van der Waals surface area (Å²) >= 11 is 3.52. The summed E-state index contributed by atoms with van der Waals surface area (Å²) in [5.41, 5.74) is 2.29. The lowest BCUT2D eigenvalue weighted by atomic mass is 9.94. The van der Waals surface area contributed by atoms with Crippen molar-refractivity contribution in [1.82, 2.24) is 0 Å². The minimum atomic E-state index is -0.362. The van der Waals surface area contributed by atoms with E-state index in [-0.39, 0.29) is 10.6 Å². The molecule has 0 aliphatic rings. The monoisotopic (exact) mass is 271 g/mol. The van der Waals surface area contributed by atoms with Crippen LogP contribution in [0.1, 0.15) is 30.9 Å². The van der Waals surface area contributed by atoms with Gasteiger partial charge >= 0.3 is 0 Å². The molecule has 1 rings (SSSR count). The molecule has 82 valence electrons. The first kappa shape index (κ1) is 12.2. The Kier molecular flexibility index (Phi) is 3.85. The molecule has 0 saturated carbocycles. The topological polar surface area (TPSA) is 43.1 Å². The predicted octanol–water partition coefficient (Wildman–Crippen LogP) is 3.79. The smallest absolute Gasteiger partial charge is 0.258 e. The van der Waals surface area contributed by atoms with Crippen LogP contribution in [0.15, 0.2) is 18.2 Å². The van der Waals surface area contributed by atoms with Gasteiger partial charge in [0.1, 0.15) is 0 Å². The fourth-order valence-electron chi connectivity index (χ4n) is 1.53. The van der Waals surface area contributed by atoms with Crippen molar-refractivity contribution in [3.63, 3.8) is 0 Å². The number of hydrogen-bond donors (Lipinski definition) is 0. The van der Waals surface area contributed by atoms with Gasteiger partial charge in [-0.2, -0.15) is 0 Å². The summed E-state index contributed by atoms with van der Waals surface area (Å²) < 4.78 is 0. The molecule has 3 nitrogen and oxygen atoms in total. The summed E-state index contributed by atoms with van der Waals surface area (Å²) in [6, 6.07) is 5.03. The predicted molar refractivity (Wildman–Crippen MR) is 64.6 cm³/mol. The number of non-ortho nitro benzene ring substituents is 1. The Morgan fingerprint density at radius 1 is 1.40 bits per heavy atom. The third-order valence-electron chi connectivity index (χ3n) is 2.64. The number of nitro groups is 1. The lowest BCUT2D eigenvalue weighted by molar-refractivity contribution is -0.384. The number of nitro benzene ring substituents is 1. The lowest BCUT2D eigenvalue weighted by Crippen LogP contribution is -2.06. The van der Waals surface area contributed by atoms with E-state index >= 15 is 0 Å². The van der Waals surface area contributed by atoms with E-state index in [9.17, 15) is 10.1 Å². The van der Waals surface area contributed by atoms with Gasteiger partial charge in [-0.25, -0.2) is 0 Å². The van der Waals surface area contributed by atoms with E-state index in [1.165, 1.54) is 0 Å². The van der Waals surface area contributed by atoms with Crippen LogP contribution in [0, 0.1) is 17.0 Å². The maximum absolute atomic E-state index is 10.6. The number of halogens is 1. The van der Waals surface area contributed by atoms with Crippen molar-refractivity contribution in [2.45, 2.75) is 31.5 Å². The van der Waals surface area contributed by atoms with Crippen molar-refractivity contribution < 1.29 is 4.92 Å². The van der Waals surface area contributed by atoms with Crippen LogP contribution in [0.2, 0.25) is 0 Å². The fourth-order valence-corrected chi connectivity index (χ4v) is 1.82. The molecule has 0 heterocycles. The van der Waals surface area contributed by atoms with Crippen LogP contribution >= 0.6 is 15.9 Å². The number of aryl methyl sites for hydroxylation is 1. The Hall–Kier alpha value is -0.900. The zero-order valence-electron chi connectivity index (χ0n) is 9.03. The SMILES string of the molecule is Cc1cc([N+](=O)[O-])ccc1C(C)C(C)Br. The molecule has 0 bridgehead atoms. The molecule has 0 radical (unpaired) electrons. The van der Waals surface area contributed by atoms with Crippen molar-refractivity contribution in [3.8, 4) is 0 Å². The first-order chi connectivity index (χ1) is 6.93. The molecule has 2 atom stereocenters. The van der Waals surface area contributed by atoms with E-state index in [4.69, 9.17) is 0 Å². The molecule has 1 aromatic carbocycles. The van der Waals surface area contributed by atoms with Gasteiger partial charge in [0.15, 0.2) is 0 Å². The largest absolute Gasteiger partial charge is 0.269 e. The molecule has 0 amide bonds. The maximum atomic E-state index is 10.6. The van der Waals surface area contributed by atoms with Crippen LogP contribution < -0.4 is 0 Å². The second-order valence-corrected chi connectivity index (χ2v) is 5.21. The molecule has 0 aliphatic heterocycles. The summed E-state index contributed by atoms with van der Waals surface area (Å²) in [6.45, 7) is 6.09. The third-order valence-corrected chi connectivity index (χ3v) is 3.44. The molecule has 4 heteroatoms. The number of benzene rings is 1. The van der Waals surface area contributed by atoms with Crippen molar-refractivity contribution in [3.05, 3.63) is 39.4 Å². The zero-order chi connectivity index (χ0) is 11.6. The molecular weight excluding hydrogens is 258 g/mol. The standard InChI is InChI=1S/C11H14BrNO2/c1-7-6-10(13(14)15)4-5-11(7)8(2)9(3)12/h4-6,8-9H,1-3H3. The Balaban J connectivity index is 3.08. The number of alkyl halides is 1. The van der Waals surface area contributed by atoms with Crippen LogP contribution in [0.3, 0.4) is 0 Å². The zero-order valence-corrected chi connectivity index (χ0v) is 10.6. The summed E-state index contributed by atoms with van der Waals surface area (Å²) in [6.07, 6.45) is 0. The summed E-state index contributed by atoms with van der Waals surface area (Å²) in [4.78, 5) is 10.6. The molecule has 0 N–H and O–H groups in total. The van der Waals surface area contributed by atoms with Gasteiger partial charge in [0.25, 0.3) is 5.69 Å². The highest BCUT2D eigenvalue weighted by Gasteiger charge is 2.15. The Morgan fingerprint density at radius 2 is 2.00 bits per heavy atom. The highest BCUT2D eigenvalue weighted by molar-refractivity contribution is 9.09. The van der Waals surface area contributed by atoms with Crippen molar-refractivity contribution in [2.75, 3.05) is 0 Å². The van der Waals surface area contributed by atoms with Gasteiger partial charge in [0.05, 0.1) is 4.92 Å². The Bertz CT molecular complexity index is 377. The second kappa shape index (κ2) is 4.75. The van der Waals surface area contributed by atoms with Crippen molar-refractivity contribution >= 4 is 21.6 Å². The molecule has 0 aliphatic carbocycles. The van der Waals surface area contributed by atoms with Crippen molar-refractivity contribution in [1.29, 1.82) is 0 Å². The second-order valence-electron chi connectivity index (χ2n) is 3.76. The van der Waals surface area contributed by atoms with Crippen LogP contribution in [0.25, 0.3) is 0 Å². The minimum Gasteiger partial charge on any atom is -0.258 e. The minimum absolute atomic E-state index is 0.158. The highest BCUT2D eigenvalue weighted by atomic mass is 79.9. The summed E-state index contributed by atoms with van der Waals surface area (Å²) in [5.74, 6) is 0.353. The maximum Gasteiger partial charge on any atom is 0.269 e. The molecule has 0 fully saturated rings. The number of nitrogens with zero attached hydrogens (tertiary/aromatic N) is 1. The van der Waals surface area contributed by atoms with E-state index in [1.807, 2.05) is 13.0 Å². The molecule has 2 unspecified atom stereocenters. The van der Waals surface area contributed by atoms with Gasteiger partial charge in [-0.1, -0.05) is 35.8 Å². The van der Waals surface area contributed by atoms with Gasteiger partial charge < -0.3 is 0 Å². The number of rotatable bonds is 3. The molecule has 15 heavy (non-hydrogen) atoms. The average molecular weight is 272 g/mol. The van der Waals surface area contributed by atoms with Gasteiger partial charge in [0, 0.05) is 17.0 Å². The van der Waals surface area contributed by atoms with E-state index < -0.39 is 0 Å².